The summed E-state index contributed by atoms with van der Waals surface area (Å²) in [6, 6.07) is 28.2. The van der Waals surface area contributed by atoms with Crippen LogP contribution in [-0.2, 0) is 18.2 Å². The van der Waals surface area contributed by atoms with Gasteiger partial charge in [-0.2, -0.15) is 18.3 Å². The summed E-state index contributed by atoms with van der Waals surface area (Å²) in [5.74, 6) is -1.41. The lowest BCUT2D eigenvalue weighted by molar-refractivity contribution is -0.143. The van der Waals surface area contributed by atoms with Gasteiger partial charge in [0.1, 0.15) is 17.9 Å². The highest BCUT2D eigenvalue weighted by atomic mass is 19.4. The van der Waals surface area contributed by atoms with Gasteiger partial charge in [0.25, 0.3) is 0 Å². The first-order valence-electron chi connectivity index (χ1n) is 13.2. The summed E-state index contributed by atoms with van der Waals surface area (Å²) < 4.78 is 47.8. The third-order valence-corrected chi connectivity index (χ3v) is 6.82. The van der Waals surface area contributed by atoms with Gasteiger partial charge in [-0.3, -0.25) is 0 Å². The molecule has 0 saturated carbocycles. The van der Waals surface area contributed by atoms with Crippen LogP contribution < -0.4 is 4.74 Å². The maximum absolute atomic E-state index is 13.7. The van der Waals surface area contributed by atoms with Crippen LogP contribution in [0.15, 0.2) is 97.2 Å². The molecule has 1 N–H and O–H groups in total. The number of para-hydroxylation sites is 1. The quantitative estimate of drug-likeness (QED) is 0.213. The lowest BCUT2D eigenvalue weighted by Gasteiger charge is -2.19. The van der Waals surface area contributed by atoms with Gasteiger partial charge >= 0.3 is 12.1 Å². The van der Waals surface area contributed by atoms with Crippen LogP contribution in [0.1, 0.15) is 48.0 Å². The predicted molar refractivity (Wildman–Crippen MR) is 154 cm³/mol. The molecule has 0 spiro atoms. The van der Waals surface area contributed by atoms with Gasteiger partial charge in [0.2, 0.25) is 0 Å². The average Bonchev–Trinajstić information content (AvgIpc) is 3.43. The average molecular weight is 572 g/mol. The van der Waals surface area contributed by atoms with E-state index in [0.29, 0.717) is 27.9 Å². The molecule has 5 rings (SSSR count). The fourth-order valence-electron chi connectivity index (χ4n) is 4.56. The number of pyridine rings is 1. The number of hydrogen-bond acceptors (Lipinski definition) is 4. The van der Waals surface area contributed by atoms with E-state index in [2.05, 4.69) is 55.1 Å². The molecule has 0 aliphatic carbocycles. The second-order valence-corrected chi connectivity index (χ2v) is 10.8. The number of alkyl halides is 3. The Morgan fingerprint density at radius 2 is 1.50 bits per heavy atom. The van der Waals surface area contributed by atoms with E-state index in [1.165, 1.54) is 17.7 Å². The number of carboxylic acid groups (broad SMARTS) is 1. The van der Waals surface area contributed by atoms with Gasteiger partial charge in [-0.05, 0) is 51.9 Å². The monoisotopic (exact) mass is 571 g/mol. The molecule has 0 saturated heterocycles. The number of ether oxygens (including phenoxy) is 1. The van der Waals surface area contributed by atoms with Crippen LogP contribution in [0.5, 0.6) is 5.75 Å². The number of aromatic carboxylic acids is 1. The third kappa shape index (κ3) is 6.05. The van der Waals surface area contributed by atoms with Crippen LogP contribution in [-0.4, -0.2) is 25.8 Å². The minimum absolute atomic E-state index is 0.0852. The minimum Gasteiger partial charge on any atom is -0.488 e. The summed E-state index contributed by atoms with van der Waals surface area (Å²) in [5.41, 5.74) is 3.05. The first-order chi connectivity index (χ1) is 19.9. The molecule has 9 heteroatoms. The molecular weight excluding hydrogens is 543 g/mol. The Labute approximate surface area is 241 Å². The van der Waals surface area contributed by atoms with Gasteiger partial charge in [-0.15, -0.1) is 0 Å². The number of carbonyl (C=O) groups is 1. The molecule has 214 valence electrons. The number of nitrogens with zero attached hydrogens (tertiary/aromatic N) is 3. The van der Waals surface area contributed by atoms with Crippen molar-refractivity contribution in [3.8, 4) is 34.0 Å². The molecule has 0 aliphatic rings. The van der Waals surface area contributed by atoms with Crippen molar-refractivity contribution in [2.24, 2.45) is 0 Å². The van der Waals surface area contributed by atoms with Crippen LogP contribution in [0.3, 0.4) is 0 Å². The van der Waals surface area contributed by atoms with E-state index in [-0.39, 0.29) is 17.8 Å². The molecule has 0 unspecified atom stereocenters. The van der Waals surface area contributed by atoms with E-state index in [4.69, 9.17) is 4.74 Å². The summed E-state index contributed by atoms with van der Waals surface area (Å²) in [5, 5.41) is 12.9. The van der Waals surface area contributed by atoms with Crippen molar-refractivity contribution >= 4 is 5.97 Å². The maximum Gasteiger partial charge on any atom is 0.434 e. The van der Waals surface area contributed by atoms with E-state index in [1.54, 1.807) is 30.3 Å². The van der Waals surface area contributed by atoms with Crippen molar-refractivity contribution in [1.29, 1.82) is 0 Å². The SMILES string of the molecule is CC(C)(C)c1ccc(-c2ccc(COc3ccccc3-c3cccc(-n4ncc(C(=O)O)c4C(F)(F)F)n3)cc2)cc1. The van der Waals surface area contributed by atoms with E-state index in [0.717, 1.165) is 16.7 Å². The molecule has 3 aromatic carbocycles. The molecular formula is C33H28F3N3O3. The summed E-state index contributed by atoms with van der Waals surface area (Å²) in [7, 11) is 0. The second kappa shape index (κ2) is 11.2. The molecule has 5 aromatic rings. The zero-order valence-corrected chi connectivity index (χ0v) is 23.2. The summed E-state index contributed by atoms with van der Waals surface area (Å²) in [6.07, 6.45) is -4.28. The van der Waals surface area contributed by atoms with E-state index >= 15 is 0 Å². The van der Waals surface area contributed by atoms with Crippen molar-refractivity contribution in [3.05, 3.63) is 120 Å². The fraction of sp³-hybridized carbons (Fsp3) is 0.182. The number of aromatic nitrogens is 3. The van der Waals surface area contributed by atoms with Gasteiger partial charge in [0.05, 0.1) is 11.9 Å². The fourth-order valence-corrected chi connectivity index (χ4v) is 4.56. The predicted octanol–water partition coefficient (Wildman–Crippen LogP) is 8.19. The molecule has 0 radical (unpaired) electrons. The smallest absolute Gasteiger partial charge is 0.434 e. The highest BCUT2D eigenvalue weighted by molar-refractivity contribution is 5.89. The van der Waals surface area contributed by atoms with Crippen LogP contribution >= 0.6 is 0 Å². The molecule has 0 fully saturated rings. The normalized spacial score (nSPS) is 11.9. The van der Waals surface area contributed by atoms with Gasteiger partial charge in [0.15, 0.2) is 11.5 Å². The molecule has 0 aliphatic heterocycles. The second-order valence-electron chi connectivity index (χ2n) is 10.8. The van der Waals surface area contributed by atoms with Crippen LogP contribution in [0.4, 0.5) is 13.2 Å². The van der Waals surface area contributed by atoms with Gasteiger partial charge < -0.3 is 9.84 Å². The molecule has 42 heavy (non-hydrogen) atoms. The highest BCUT2D eigenvalue weighted by Gasteiger charge is 2.41. The zero-order chi connectivity index (χ0) is 30.1. The van der Waals surface area contributed by atoms with Crippen LogP contribution in [0.25, 0.3) is 28.2 Å². The number of halogens is 3. The van der Waals surface area contributed by atoms with Gasteiger partial charge in [0, 0.05) is 5.56 Å². The van der Waals surface area contributed by atoms with Crippen molar-refractivity contribution in [3.63, 3.8) is 0 Å². The molecule has 0 bridgehead atoms. The zero-order valence-electron chi connectivity index (χ0n) is 23.2. The van der Waals surface area contributed by atoms with Gasteiger partial charge in [-0.25, -0.2) is 14.5 Å². The summed E-state index contributed by atoms with van der Waals surface area (Å²) >= 11 is 0. The standard InChI is InChI=1S/C33H28F3N3O3/c1-32(2,3)24-17-15-23(16-18-24)22-13-11-21(12-14-22)20-42-28-9-5-4-7-25(28)27-8-6-10-29(38-27)39-30(33(34,35)36)26(19-37-39)31(40)41/h4-19H,20H2,1-3H3,(H,40,41). The van der Waals surface area contributed by atoms with Crippen LogP contribution in [0.2, 0.25) is 0 Å². The first kappa shape index (κ1) is 28.6. The van der Waals surface area contributed by atoms with Crippen molar-refractivity contribution < 1.29 is 27.8 Å². The molecule has 6 nitrogen and oxygen atoms in total. The summed E-state index contributed by atoms with van der Waals surface area (Å²) in [6.45, 7) is 6.81. The number of hydrogen-bond donors (Lipinski definition) is 1. The molecule has 0 amide bonds. The minimum atomic E-state index is -4.95. The lowest BCUT2D eigenvalue weighted by atomic mass is 9.86. The van der Waals surface area contributed by atoms with E-state index < -0.39 is 23.4 Å². The Kier molecular flexibility index (Phi) is 7.60. The van der Waals surface area contributed by atoms with E-state index in [9.17, 15) is 23.1 Å². The topological polar surface area (TPSA) is 77.2 Å². The van der Waals surface area contributed by atoms with Crippen molar-refractivity contribution in [2.75, 3.05) is 0 Å². The number of rotatable bonds is 7. The lowest BCUT2D eigenvalue weighted by Crippen LogP contribution is -2.18. The maximum atomic E-state index is 13.7. The number of benzene rings is 3. The Hall–Kier alpha value is -4.92. The third-order valence-electron chi connectivity index (χ3n) is 6.82. The highest BCUT2D eigenvalue weighted by Crippen LogP contribution is 2.35. The largest absolute Gasteiger partial charge is 0.488 e. The van der Waals surface area contributed by atoms with Crippen LogP contribution in [0, 0.1) is 0 Å². The molecule has 0 atom stereocenters. The first-order valence-corrected chi connectivity index (χ1v) is 13.2. The summed E-state index contributed by atoms with van der Waals surface area (Å²) in [4.78, 5) is 15.8. The van der Waals surface area contributed by atoms with E-state index in [1.807, 2.05) is 24.3 Å². The number of carboxylic acids is 1. The Bertz CT molecular complexity index is 1720. The molecule has 2 heterocycles. The Balaban J connectivity index is 1.36. The van der Waals surface area contributed by atoms with Crippen molar-refractivity contribution in [1.82, 2.24) is 14.8 Å². The molecule has 2 aromatic heterocycles. The Morgan fingerprint density at radius 3 is 2.12 bits per heavy atom. The Morgan fingerprint density at radius 1 is 0.857 bits per heavy atom. The van der Waals surface area contributed by atoms with Crippen molar-refractivity contribution in [2.45, 2.75) is 39.0 Å². The van der Waals surface area contributed by atoms with Gasteiger partial charge in [-0.1, -0.05) is 87.5 Å².